The normalized spacial score (nSPS) is 21.9. The smallest absolute Gasteiger partial charge is 0.230 e. The van der Waals surface area contributed by atoms with Crippen molar-refractivity contribution in [3.05, 3.63) is 35.4 Å². The van der Waals surface area contributed by atoms with Crippen LogP contribution in [0.5, 0.6) is 0 Å². The molecule has 0 bridgehead atoms. The van der Waals surface area contributed by atoms with Crippen LogP contribution in [0.25, 0.3) is 0 Å². The van der Waals surface area contributed by atoms with E-state index in [0.717, 1.165) is 25.0 Å². The zero-order valence-electron chi connectivity index (χ0n) is 12.0. The number of carbonyl (C=O) groups excluding carboxylic acids is 1. The maximum atomic E-state index is 11.7. The Hall–Kier alpha value is -1.00. The third-order valence-electron chi connectivity index (χ3n) is 3.80. The van der Waals surface area contributed by atoms with Crippen molar-refractivity contribution in [3.8, 4) is 0 Å². The summed E-state index contributed by atoms with van der Waals surface area (Å²) in [6.45, 7) is 2.69. The van der Waals surface area contributed by atoms with Gasteiger partial charge in [-0.15, -0.1) is 11.8 Å². The first-order valence-corrected chi connectivity index (χ1v) is 8.38. The Kier molecular flexibility index (Phi) is 5.92. The summed E-state index contributed by atoms with van der Waals surface area (Å²) in [5.74, 6) is 1.67. The van der Waals surface area contributed by atoms with Gasteiger partial charge in [-0.3, -0.25) is 4.79 Å². The van der Waals surface area contributed by atoms with Crippen molar-refractivity contribution in [2.45, 2.75) is 38.0 Å². The molecule has 4 heteroatoms. The lowest BCUT2D eigenvalue weighted by Gasteiger charge is -2.14. The van der Waals surface area contributed by atoms with Gasteiger partial charge in [0.15, 0.2) is 0 Å². The Morgan fingerprint density at radius 1 is 1.35 bits per heavy atom. The number of thioether (sulfide) groups is 1. The number of amides is 1. The molecule has 2 N–H and O–H groups in total. The molecule has 1 aromatic carbocycles. The summed E-state index contributed by atoms with van der Waals surface area (Å²) in [6, 6.07) is 8.40. The van der Waals surface area contributed by atoms with Crippen LogP contribution in [0.4, 0.5) is 0 Å². The Morgan fingerprint density at radius 3 is 2.75 bits per heavy atom. The molecule has 1 aliphatic rings. The van der Waals surface area contributed by atoms with Crippen molar-refractivity contribution in [2.75, 3.05) is 12.3 Å². The summed E-state index contributed by atoms with van der Waals surface area (Å²) >= 11 is 1.63. The molecule has 2 atom stereocenters. The molecule has 1 aliphatic carbocycles. The number of rotatable bonds is 6. The van der Waals surface area contributed by atoms with Crippen molar-refractivity contribution in [1.29, 1.82) is 0 Å². The second-order valence-electron chi connectivity index (χ2n) is 5.54. The molecule has 0 aromatic heterocycles. The summed E-state index contributed by atoms with van der Waals surface area (Å²) in [7, 11) is 0. The number of hydrogen-bond donors (Lipinski definition) is 2. The van der Waals surface area contributed by atoms with E-state index in [2.05, 4.69) is 36.5 Å². The van der Waals surface area contributed by atoms with E-state index >= 15 is 0 Å². The Morgan fingerprint density at radius 2 is 2.10 bits per heavy atom. The van der Waals surface area contributed by atoms with Gasteiger partial charge in [-0.1, -0.05) is 36.2 Å². The monoisotopic (exact) mass is 293 g/mol. The number of aliphatic hydroxyl groups is 1. The maximum Gasteiger partial charge on any atom is 0.230 e. The Balaban J connectivity index is 1.61. The first kappa shape index (κ1) is 15.4. The van der Waals surface area contributed by atoms with E-state index in [4.69, 9.17) is 0 Å². The van der Waals surface area contributed by atoms with Gasteiger partial charge in [0, 0.05) is 18.2 Å². The van der Waals surface area contributed by atoms with Gasteiger partial charge in [-0.25, -0.2) is 0 Å². The van der Waals surface area contributed by atoms with Crippen LogP contribution in [0, 0.1) is 12.8 Å². The number of aliphatic hydroxyl groups excluding tert-OH is 1. The molecule has 0 saturated heterocycles. The minimum Gasteiger partial charge on any atom is -0.393 e. The zero-order valence-corrected chi connectivity index (χ0v) is 12.8. The number of hydrogen-bond acceptors (Lipinski definition) is 3. The molecule has 20 heavy (non-hydrogen) atoms. The molecule has 110 valence electrons. The third-order valence-corrected chi connectivity index (χ3v) is 4.81. The van der Waals surface area contributed by atoms with Gasteiger partial charge in [-0.05, 0) is 25.3 Å². The second kappa shape index (κ2) is 7.70. The number of benzene rings is 1. The fourth-order valence-corrected chi connectivity index (χ4v) is 3.31. The van der Waals surface area contributed by atoms with Crippen molar-refractivity contribution >= 4 is 17.7 Å². The highest BCUT2D eigenvalue weighted by Crippen LogP contribution is 2.24. The summed E-state index contributed by atoms with van der Waals surface area (Å²) in [6.07, 6.45) is 2.75. The first-order valence-electron chi connectivity index (χ1n) is 7.23. The van der Waals surface area contributed by atoms with Gasteiger partial charge in [0.1, 0.15) is 0 Å². The molecule has 1 fully saturated rings. The van der Waals surface area contributed by atoms with Crippen LogP contribution < -0.4 is 5.32 Å². The van der Waals surface area contributed by atoms with Crippen LogP contribution in [0.2, 0.25) is 0 Å². The first-order chi connectivity index (χ1) is 9.65. The van der Waals surface area contributed by atoms with Crippen LogP contribution >= 0.6 is 11.8 Å². The molecule has 1 aromatic rings. The van der Waals surface area contributed by atoms with Crippen LogP contribution in [-0.2, 0) is 10.5 Å². The molecule has 0 aliphatic heterocycles. The highest BCUT2D eigenvalue weighted by atomic mass is 32.2. The van der Waals surface area contributed by atoms with Crippen LogP contribution in [0.15, 0.2) is 24.3 Å². The molecule has 2 unspecified atom stereocenters. The van der Waals surface area contributed by atoms with E-state index in [1.807, 2.05) is 0 Å². The Labute approximate surface area is 125 Å². The second-order valence-corrected chi connectivity index (χ2v) is 6.53. The molecule has 0 heterocycles. The lowest BCUT2D eigenvalue weighted by molar-refractivity contribution is -0.118. The van der Waals surface area contributed by atoms with E-state index < -0.39 is 0 Å². The fraction of sp³-hybridized carbons (Fsp3) is 0.562. The fourth-order valence-electron chi connectivity index (χ4n) is 2.50. The van der Waals surface area contributed by atoms with Crippen molar-refractivity contribution in [1.82, 2.24) is 5.32 Å². The summed E-state index contributed by atoms with van der Waals surface area (Å²) in [5.41, 5.74) is 2.51. The van der Waals surface area contributed by atoms with E-state index in [9.17, 15) is 9.90 Å². The van der Waals surface area contributed by atoms with E-state index in [1.165, 1.54) is 11.1 Å². The summed E-state index contributed by atoms with van der Waals surface area (Å²) in [4.78, 5) is 11.7. The molecule has 1 amide bonds. The maximum absolute atomic E-state index is 11.7. The Bertz CT molecular complexity index is 433. The summed E-state index contributed by atoms with van der Waals surface area (Å²) in [5, 5.41) is 12.6. The quantitative estimate of drug-likeness (QED) is 0.847. The van der Waals surface area contributed by atoms with Gasteiger partial charge >= 0.3 is 0 Å². The lowest BCUT2D eigenvalue weighted by Crippen LogP contribution is -2.33. The topological polar surface area (TPSA) is 49.3 Å². The third kappa shape index (κ3) is 4.84. The predicted octanol–water partition coefficient (Wildman–Crippen LogP) is 2.51. The van der Waals surface area contributed by atoms with Gasteiger partial charge in [0.05, 0.1) is 11.9 Å². The highest BCUT2D eigenvalue weighted by Gasteiger charge is 2.25. The minimum absolute atomic E-state index is 0.0706. The van der Waals surface area contributed by atoms with Gasteiger partial charge < -0.3 is 10.4 Å². The standard InChI is InChI=1S/C16H23NO2S/c1-12-5-7-13(8-6-12)10-20-11-16(19)17-9-14-3-2-4-15(14)18/h5-8,14-15,18H,2-4,9-11H2,1H3,(H,17,19). The number of carbonyl (C=O) groups is 1. The van der Waals surface area contributed by atoms with Gasteiger partial charge in [-0.2, -0.15) is 0 Å². The zero-order chi connectivity index (χ0) is 14.4. The molecule has 3 nitrogen and oxygen atoms in total. The predicted molar refractivity (Wildman–Crippen MR) is 83.7 cm³/mol. The van der Waals surface area contributed by atoms with E-state index in [1.54, 1.807) is 11.8 Å². The van der Waals surface area contributed by atoms with Gasteiger partial charge in [0.2, 0.25) is 5.91 Å². The minimum atomic E-state index is -0.226. The number of nitrogens with one attached hydrogen (secondary N) is 1. The van der Waals surface area contributed by atoms with Crippen LogP contribution in [0.1, 0.15) is 30.4 Å². The van der Waals surface area contributed by atoms with Crippen molar-refractivity contribution < 1.29 is 9.90 Å². The number of aryl methyl sites for hydroxylation is 1. The SMILES string of the molecule is Cc1ccc(CSCC(=O)NCC2CCCC2O)cc1. The molecule has 0 radical (unpaired) electrons. The highest BCUT2D eigenvalue weighted by molar-refractivity contribution is 7.99. The van der Waals surface area contributed by atoms with Crippen molar-refractivity contribution in [2.24, 2.45) is 5.92 Å². The van der Waals surface area contributed by atoms with Gasteiger partial charge in [0.25, 0.3) is 0 Å². The average molecular weight is 293 g/mol. The largest absolute Gasteiger partial charge is 0.393 e. The van der Waals surface area contributed by atoms with Crippen LogP contribution in [-0.4, -0.2) is 29.4 Å². The van der Waals surface area contributed by atoms with E-state index in [0.29, 0.717) is 12.3 Å². The molecule has 2 rings (SSSR count). The van der Waals surface area contributed by atoms with Crippen LogP contribution in [0.3, 0.4) is 0 Å². The molecular formula is C16H23NO2S. The molecule has 1 saturated carbocycles. The van der Waals surface area contributed by atoms with Crippen molar-refractivity contribution in [3.63, 3.8) is 0 Å². The van der Waals surface area contributed by atoms with E-state index in [-0.39, 0.29) is 17.9 Å². The average Bonchev–Trinajstić information content (AvgIpc) is 2.84. The lowest BCUT2D eigenvalue weighted by atomic mass is 10.1. The molecular weight excluding hydrogens is 270 g/mol. The summed E-state index contributed by atoms with van der Waals surface area (Å²) < 4.78 is 0. The molecule has 0 spiro atoms.